The first kappa shape index (κ1) is 22.6. The molecule has 2 aliphatic rings. The summed E-state index contributed by atoms with van der Waals surface area (Å²) in [4.78, 5) is 12.7. The number of nitrogens with zero attached hydrogens (tertiary/aromatic N) is 1. The number of piperidine rings is 1. The van der Waals surface area contributed by atoms with E-state index in [-0.39, 0.29) is 30.5 Å². The monoisotopic (exact) mass is 478 g/mol. The van der Waals surface area contributed by atoms with Crippen molar-refractivity contribution >= 4 is 21.8 Å². The highest BCUT2D eigenvalue weighted by Crippen LogP contribution is 2.44. The summed E-state index contributed by atoms with van der Waals surface area (Å²) in [5, 5.41) is 12.3. The number of ether oxygens (including phenoxy) is 1. The molecule has 176 valence electrons. The molecule has 3 aromatic rings. The van der Waals surface area contributed by atoms with Crippen LogP contribution < -0.4 is 5.32 Å². The fraction of sp³-hybridized carbons (Fsp3) is 0.269. The third-order valence-corrected chi connectivity index (χ3v) is 8.38. The van der Waals surface area contributed by atoms with Crippen LogP contribution in [0.25, 0.3) is 11.1 Å². The molecule has 0 radical (unpaired) electrons. The number of sulfonamides is 1. The largest absolute Gasteiger partial charge is 0.448 e. The Morgan fingerprint density at radius 2 is 1.56 bits per heavy atom. The SMILES string of the molecule is O=C(Nc1cccc(S(=O)(=O)N2CCC(O)CC2)c1)OCC1c2ccccc2-c2ccccc21. The van der Waals surface area contributed by atoms with Crippen molar-refractivity contribution in [1.82, 2.24) is 4.31 Å². The maximum absolute atomic E-state index is 13.0. The number of nitrogens with one attached hydrogen (secondary N) is 1. The molecule has 1 heterocycles. The van der Waals surface area contributed by atoms with Gasteiger partial charge in [-0.3, -0.25) is 5.32 Å². The molecular formula is C26H26N2O5S. The van der Waals surface area contributed by atoms with E-state index in [1.54, 1.807) is 12.1 Å². The highest BCUT2D eigenvalue weighted by molar-refractivity contribution is 7.89. The molecule has 8 heteroatoms. The van der Waals surface area contributed by atoms with Gasteiger partial charge < -0.3 is 9.84 Å². The first-order chi connectivity index (χ1) is 16.4. The van der Waals surface area contributed by atoms with Crippen LogP contribution in [0.2, 0.25) is 0 Å². The lowest BCUT2D eigenvalue weighted by atomic mass is 9.98. The number of carbonyl (C=O) groups excluding carboxylic acids is 1. The van der Waals surface area contributed by atoms with Crippen molar-refractivity contribution in [1.29, 1.82) is 0 Å². The highest BCUT2D eigenvalue weighted by atomic mass is 32.2. The molecule has 0 bridgehead atoms. The van der Waals surface area contributed by atoms with Crippen molar-refractivity contribution in [2.45, 2.75) is 29.8 Å². The van der Waals surface area contributed by atoms with Gasteiger partial charge in [0.2, 0.25) is 10.0 Å². The summed E-state index contributed by atoms with van der Waals surface area (Å²) in [5.41, 5.74) is 4.88. The Kier molecular flexibility index (Phi) is 6.12. The quantitative estimate of drug-likeness (QED) is 0.573. The predicted molar refractivity (Wildman–Crippen MR) is 129 cm³/mol. The number of fused-ring (bicyclic) bond motifs is 3. The molecule has 7 nitrogen and oxygen atoms in total. The van der Waals surface area contributed by atoms with E-state index in [4.69, 9.17) is 4.74 Å². The standard InChI is InChI=1S/C26H26N2O5S/c29-19-12-14-28(15-13-19)34(31,32)20-7-5-6-18(16-20)27-26(30)33-17-25-23-10-3-1-8-21(23)22-9-2-4-11-24(22)25/h1-11,16,19,25,29H,12-15,17H2,(H,27,30). The Morgan fingerprint density at radius 1 is 0.941 bits per heavy atom. The summed E-state index contributed by atoms with van der Waals surface area (Å²) in [5.74, 6) is -0.0562. The van der Waals surface area contributed by atoms with Crippen LogP contribution in [-0.4, -0.2) is 49.7 Å². The van der Waals surface area contributed by atoms with Gasteiger partial charge in [0, 0.05) is 24.7 Å². The van der Waals surface area contributed by atoms with E-state index in [2.05, 4.69) is 29.6 Å². The van der Waals surface area contributed by atoms with Crippen molar-refractivity contribution in [3.8, 4) is 11.1 Å². The van der Waals surface area contributed by atoms with Crippen LogP contribution >= 0.6 is 0 Å². The lowest BCUT2D eigenvalue weighted by Gasteiger charge is -2.28. The molecule has 5 rings (SSSR count). The molecule has 1 fully saturated rings. The van der Waals surface area contributed by atoms with Gasteiger partial charge in [0.1, 0.15) is 6.61 Å². The molecule has 0 spiro atoms. The number of aliphatic hydroxyl groups excluding tert-OH is 1. The topological polar surface area (TPSA) is 95.9 Å². The van der Waals surface area contributed by atoms with Crippen molar-refractivity contribution in [3.63, 3.8) is 0 Å². The minimum atomic E-state index is -3.71. The van der Waals surface area contributed by atoms with E-state index < -0.39 is 22.2 Å². The molecular weight excluding hydrogens is 452 g/mol. The normalized spacial score (nSPS) is 16.6. The smallest absolute Gasteiger partial charge is 0.411 e. The molecule has 1 aliphatic heterocycles. The average molecular weight is 479 g/mol. The summed E-state index contributed by atoms with van der Waals surface area (Å²) >= 11 is 0. The zero-order valence-electron chi connectivity index (χ0n) is 18.6. The van der Waals surface area contributed by atoms with E-state index >= 15 is 0 Å². The highest BCUT2D eigenvalue weighted by Gasteiger charge is 2.30. The van der Waals surface area contributed by atoms with Crippen LogP contribution in [0, 0.1) is 0 Å². The average Bonchev–Trinajstić information content (AvgIpc) is 3.17. The third kappa shape index (κ3) is 4.32. The Labute approximate surface area is 199 Å². The molecule has 34 heavy (non-hydrogen) atoms. The lowest BCUT2D eigenvalue weighted by molar-refractivity contribution is 0.113. The summed E-state index contributed by atoms with van der Waals surface area (Å²) in [6, 6.07) is 22.4. The van der Waals surface area contributed by atoms with E-state index in [1.807, 2.05) is 24.3 Å². The Bertz CT molecular complexity index is 1270. The van der Waals surface area contributed by atoms with Crippen LogP contribution in [0.15, 0.2) is 77.7 Å². The van der Waals surface area contributed by atoms with Crippen molar-refractivity contribution in [2.75, 3.05) is 25.0 Å². The van der Waals surface area contributed by atoms with Gasteiger partial charge >= 0.3 is 6.09 Å². The zero-order valence-corrected chi connectivity index (χ0v) is 19.4. The summed E-state index contributed by atoms with van der Waals surface area (Å²) in [6.45, 7) is 0.717. The molecule has 1 saturated heterocycles. The van der Waals surface area contributed by atoms with Gasteiger partial charge in [-0.25, -0.2) is 13.2 Å². The van der Waals surface area contributed by atoms with Gasteiger partial charge in [-0.05, 0) is 53.3 Å². The summed E-state index contributed by atoms with van der Waals surface area (Å²) < 4.78 is 32.9. The van der Waals surface area contributed by atoms with E-state index in [1.165, 1.54) is 16.4 Å². The molecule has 3 aromatic carbocycles. The van der Waals surface area contributed by atoms with Gasteiger partial charge in [-0.15, -0.1) is 0 Å². The number of amides is 1. The molecule has 1 aliphatic carbocycles. The minimum Gasteiger partial charge on any atom is -0.448 e. The van der Waals surface area contributed by atoms with Gasteiger partial charge in [-0.2, -0.15) is 4.31 Å². The fourth-order valence-corrected chi connectivity index (χ4v) is 6.23. The second-order valence-corrected chi connectivity index (χ2v) is 10.6. The number of rotatable bonds is 5. The Hall–Kier alpha value is -3.20. The van der Waals surface area contributed by atoms with Gasteiger partial charge in [-0.1, -0.05) is 54.6 Å². The van der Waals surface area contributed by atoms with Crippen LogP contribution in [0.4, 0.5) is 10.5 Å². The van der Waals surface area contributed by atoms with E-state index in [0.717, 1.165) is 22.3 Å². The van der Waals surface area contributed by atoms with Crippen LogP contribution in [0.3, 0.4) is 0 Å². The first-order valence-electron chi connectivity index (χ1n) is 11.3. The Balaban J connectivity index is 1.26. The molecule has 2 N–H and O–H groups in total. The van der Waals surface area contributed by atoms with Crippen molar-refractivity contribution in [2.24, 2.45) is 0 Å². The predicted octanol–water partition coefficient (Wildman–Crippen LogP) is 4.19. The molecule has 0 saturated carbocycles. The van der Waals surface area contributed by atoms with Gasteiger partial charge in [0.25, 0.3) is 0 Å². The number of carbonyl (C=O) groups is 1. The summed E-state index contributed by atoms with van der Waals surface area (Å²) in [7, 11) is -3.71. The Morgan fingerprint density at radius 3 is 2.21 bits per heavy atom. The second-order valence-electron chi connectivity index (χ2n) is 8.61. The molecule has 1 amide bonds. The molecule has 0 aromatic heterocycles. The van der Waals surface area contributed by atoms with Crippen LogP contribution in [0.5, 0.6) is 0 Å². The van der Waals surface area contributed by atoms with E-state index in [9.17, 15) is 18.3 Å². The maximum Gasteiger partial charge on any atom is 0.411 e. The van der Waals surface area contributed by atoms with Crippen LogP contribution in [0.1, 0.15) is 29.9 Å². The van der Waals surface area contributed by atoms with Gasteiger partial charge in [0.05, 0.1) is 11.0 Å². The number of hydrogen-bond donors (Lipinski definition) is 2. The maximum atomic E-state index is 13.0. The zero-order chi connectivity index (χ0) is 23.7. The summed E-state index contributed by atoms with van der Waals surface area (Å²) in [6.07, 6.45) is -0.279. The molecule has 0 atom stereocenters. The number of anilines is 1. The van der Waals surface area contributed by atoms with Gasteiger partial charge in [0.15, 0.2) is 0 Å². The lowest BCUT2D eigenvalue weighted by Crippen LogP contribution is -2.40. The third-order valence-electron chi connectivity index (χ3n) is 6.49. The molecule has 0 unspecified atom stereocenters. The first-order valence-corrected chi connectivity index (χ1v) is 12.8. The second kappa shape index (κ2) is 9.21. The minimum absolute atomic E-state index is 0.0562. The van der Waals surface area contributed by atoms with Crippen molar-refractivity contribution in [3.05, 3.63) is 83.9 Å². The number of hydrogen-bond acceptors (Lipinski definition) is 5. The van der Waals surface area contributed by atoms with E-state index in [0.29, 0.717) is 18.5 Å². The van der Waals surface area contributed by atoms with Crippen LogP contribution in [-0.2, 0) is 14.8 Å². The fourth-order valence-electron chi connectivity index (χ4n) is 4.72. The van der Waals surface area contributed by atoms with Crippen molar-refractivity contribution < 1.29 is 23.1 Å². The number of aliphatic hydroxyl groups is 1. The number of benzene rings is 3.